The van der Waals surface area contributed by atoms with E-state index in [2.05, 4.69) is 32.6 Å². The van der Waals surface area contributed by atoms with Crippen LogP contribution >= 0.6 is 0 Å². The maximum Gasteiger partial charge on any atom is 0.0303 e. The summed E-state index contributed by atoms with van der Waals surface area (Å²) in [5.74, 6) is 0. The van der Waals surface area contributed by atoms with Crippen molar-refractivity contribution in [1.29, 1.82) is 0 Å². The van der Waals surface area contributed by atoms with Crippen LogP contribution in [-0.2, 0) is 0 Å². The van der Waals surface area contributed by atoms with Gasteiger partial charge in [0.05, 0.1) is 0 Å². The molecule has 0 aromatic heterocycles. The average molecular weight is 242 g/mol. The Morgan fingerprint density at radius 3 is 2.06 bits per heavy atom. The van der Waals surface area contributed by atoms with E-state index >= 15 is 0 Å². The van der Waals surface area contributed by atoms with E-state index < -0.39 is 0 Å². The molecule has 0 radical (unpaired) electrons. The van der Waals surface area contributed by atoms with Crippen LogP contribution in [0.5, 0.6) is 0 Å². The Kier molecular flexibility index (Phi) is 9.85. The van der Waals surface area contributed by atoms with Crippen molar-refractivity contribution in [2.45, 2.75) is 78.2 Å². The highest BCUT2D eigenvalue weighted by Gasteiger charge is 2.27. The summed E-state index contributed by atoms with van der Waals surface area (Å²) < 4.78 is 0. The van der Waals surface area contributed by atoms with E-state index in [1.165, 1.54) is 51.5 Å². The lowest BCUT2D eigenvalue weighted by molar-refractivity contribution is 0.105. The van der Waals surface area contributed by atoms with Gasteiger partial charge in [-0.2, -0.15) is 0 Å². The Bertz CT molecular complexity index is 170. The highest BCUT2D eigenvalue weighted by atomic mass is 15.2. The van der Waals surface area contributed by atoms with Gasteiger partial charge in [-0.1, -0.05) is 52.9 Å². The normalized spacial score (nSPS) is 15.2. The van der Waals surface area contributed by atoms with Crippen LogP contribution in [0.2, 0.25) is 0 Å². The Morgan fingerprint density at radius 1 is 0.941 bits per heavy atom. The maximum atomic E-state index is 6.01. The second-order valence-electron chi connectivity index (χ2n) is 5.44. The van der Waals surface area contributed by atoms with E-state index in [9.17, 15) is 0 Å². The summed E-state index contributed by atoms with van der Waals surface area (Å²) in [6, 6.07) is 0. The number of hydrogen-bond acceptors (Lipinski definition) is 2. The SMILES string of the molecule is CCCCCCCC(C)(CN)N(CC)CCC. The van der Waals surface area contributed by atoms with Gasteiger partial charge in [-0.3, -0.25) is 4.90 Å². The highest BCUT2D eigenvalue weighted by molar-refractivity contribution is 4.86. The highest BCUT2D eigenvalue weighted by Crippen LogP contribution is 2.22. The first-order valence-electron chi connectivity index (χ1n) is 7.59. The van der Waals surface area contributed by atoms with Crippen LogP contribution in [0.15, 0.2) is 0 Å². The topological polar surface area (TPSA) is 29.3 Å². The Labute approximate surface area is 109 Å². The molecule has 0 spiro atoms. The second kappa shape index (κ2) is 9.90. The monoisotopic (exact) mass is 242 g/mol. The minimum Gasteiger partial charge on any atom is -0.329 e. The van der Waals surface area contributed by atoms with E-state index in [-0.39, 0.29) is 5.54 Å². The van der Waals surface area contributed by atoms with Crippen LogP contribution in [0.3, 0.4) is 0 Å². The summed E-state index contributed by atoms with van der Waals surface area (Å²) >= 11 is 0. The summed E-state index contributed by atoms with van der Waals surface area (Å²) in [5, 5.41) is 0. The van der Waals surface area contributed by atoms with Crippen molar-refractivity contribution in [1.82, 2.24) is 4.90 Å². The number of rotatable bonds is 11. The fourth-order valence-corrected chi connectivity index (χ4v) is 2.58. The summed E-state index contributed by atoms with van der Waals surface area (Å²) in [6.07, 6.45) is 9.26. The van der Waals surface area contributed by atoms with E-state index in [0.29, 0.717) is 0 Å². The van der Waals surface area contributed by atoms with Crippen molar-refractivity contribution in [2.75, 3.05) is 19.6 Å². The molecule has 2 N–H and O–H groups in total. The van der Waals surface area contributed by atoms with Gasteiger partial charge in [0, 0.05) is 12.1 Å². The molecule has 1 atom stereocenters. The third kappa shape index (κ3) is 6.42. The molecule has 2 nitrogen and oxygen atoms in total. The van der Waals surface area contributed by atoms with E-state index in [1.807, 2.05) is 0 Å². The molecule has 0 saturated carbocycles. The molecule has 0 aliphatic heterocycles. The molecule has 0 heterocycles. The first kappa shape index (κ1) is 16.9. The summed E-state index contributed by atoms with van der Waals surface area (Å²) in [7, 11) is 0. The molecule has 104 valence electrons. The molecule has 17 heavy (non-hydrogen) atoms. The molecule has 0 saturated heterocycles. The van der Waals surface area contributed by atoms with Crippen molar-refractivity contribution in [2.24, 2.45) is 5.73 Å². The van der Waals surface area contributed by atoms with Gasteiger partial charge in [0.2, 0.25) is 0 Å². The Hall–Kier alpha value is -0.0800. The fourth-order valence-electron chi connectivity index (χ4n) is 2.58. The molecule has 0 amide bonds. The van der Waals surface area contributed by atoms with Gasteiger partial charge in [0.25, 0.3) is 0 Å². The Balaban J connectivity index is 4.06. The molecular weight excluding hydrogens is 208 g/mol. The minimum absolute atomic E-state index is 0.219. The van der Waals surface area contributed by atoms with Gasteiger partial charge in [-0.25, -0.2) is 0 Å². The number of nitrogens with zero attached hydrogens (tertiary/aromatic N) is 1. The molecule has 1 unspecified atom stereocenters. The molecule has 0 bridgehead atoms. The predicted molar refractivity (Wildman–Crippen MR) is 78.4 cm³/mol. The molecule has 0 aromatic rings. The third-order valence-electron chi connectivity index (χ3n) is 3.90. The van der Waals surface area contributed by atoms with E-state index in [0.717, 1.165) is 13.1 Å². The van der Waals surface area contributed by atoms with Crippen molar-refractivity contribution in [3.63, 3.8) is 0 Å². The first-order valence-corrected chi connectivity index (χ1v) is 7.59. The van der Waals surface area contributed by atoms with Crippen LogP contribution in [-0.4, -0.2) is 30.1 Å². The van der Waals surface area contributed by atoms with Crippen LogP contribution in [0.1, 0.15) is 72.6 Å². The van der Waals surface area contributed by atoms with Crippen LogP contribution in [0, 0.1) is 0 Å². The zero-order valence-corrected chi connectivity index (χ0v) is 12.6. The lowest BCUT2D eigenvalue weighted by atomic mass is 9.91. The zero-order valence-electron chi connectivity index (χ0n) is 12.6. The lowest BCUT2D eigenvalue weighted by Gasteiger charge is -2.40. The van der Waals surface area contributed by atoms with Crippen molar-refractivity contribution in [3.8, 4) is 0 Å². The van der Waals surface area contributed by atoms with E-state index in [1.54, 1.807) is 0 Å². The maximum absolute atomic E-state index is 6.01. The quantitative estimate of drug-likeness (QED) is 0.558. The number of likely N-dealkylation sites (N-methyl/N-ethyl adjacent to an activating group) is 1. The molecule has 0 aromatic carbocycles. The summed E-state index contributed by atoms with van der Waals surface area (Å²) in [5.41, 5.74) is 6.23. The largest absolute Gasteiger partial charge is 0.329 e. The Morgan fingerprint density at radius 2 is 1.59 bits per heavy atom. The molecule has 0 rings (SSSR count). The van der Waals surface area contributed by atoms with Crippen molar-refractivity contribution < 1.29 is 0 Å². The molecular formula is C15H34N2. The number of nitrogens with two attached hydrogens (primary N) is 1. The van der Waals surface area contributed by atoms with Crippen molar-refractivity contribution >= 4 is 0 Å². The number of unbranched alkanes of at least 4 members (excludes halogenated alkanes) is 4. The zero-order chi connectivity index (χ0) is 13.1. The van der Waals surface area contributed by atoms with Gasteiger partial charge in [-0.05, 0) is 32.9 Å². The van der Waals surface area contributed by atoms with Crippen LogP contribution in [0.4, 0.5) is 0 Å². The third-order valence-corrected chi connectivity index (χ3v) is 3.90. The van der Waals surface area contributed by atoms with Crippen molar-refractivity contribution in [3.05, 3.63) is 0 Å². The first-order chi connectivity index (χ1) is 8.14. The van der Waals surface area contributed by atoms with Gasteiger partial charge in [-0.15, -0.1) is 0 Å². The fraction of sp³-hybridized carbons (Fsp3) is 1.00. The minimum atomic E-state index is 0.219. The summed E-state index contributed by atoms with van der Waals surface area (Å²) in [6.45, 7) is 12.2. The molecule has 0 fully saturated rings. The van der Waals surface area contributed by atoms with Gasteiger partial charge in [0.15, 0.2) is 0 Å². The van der Waals surface area contributed by atoms with Gasteiger partial charge < -0.3 is 5.73 Å². The van der Waals surface area contributed by atoms with Gasteiger partial charge in [0.1, 0.15) is 0 Å². The van der Waals surface area contributed by atoms with Crippen LogP contribution < -0.4 is 5.73 Å². The summed E-state index contributed by atoms with van der Waals surface area (Å²) in [4.78, 5) is 2.56. The van der Waals surface area contributed by atoms with Gasteiger partial charge >= 0.3 is 0 Å². The average Bonchev–Trinajstić information content (AvgIpc) is 2.35. The standard InChI is InChI=1S/C15H34N2/c1-5-8-9-10-11-12-15(4,14-16)17(7-3)13-6-2/h5-14,16H2,1-4H3. The van der Waals surface area contributed by atoms with E-state index in [4.69, 9.17) is 5.73 Å². The predicted octanol–water partition coefficient (Wildman–Crippen LogP) is 3.80. The molecule has 2 heteroatoms. The smallest absolute Gasteiger partial charge is 0.0303 e. The molecule has 0 aliphatic carbocycles. The lowest BCUT2D eigenvalue weighted by Crippen LogP contribution is -2.51. The second-order valence-corrected chi connectivity index (χ2v) is 5.44. The van der Waals surface area contributed by atoms with Crippen LogP contribution in [0.25, 0.3) is 0 Å². The molecule has 0 aliphatic rings. The number of hydrogen-bond donors (Lipinski definition) is 1.